The summed E-state index contributed by atoms with van der Waals surface area (Å²) < 4.78 is 0. The molecule has 3 N–H and O–H groups in total. The quantitative estimate of drug-likeness (QED) is 0.770. The van der Waals surface area contributed by atoms with Gasteiger partial charge in [0.05, 0.1) is 6.10 Å². The summed E-state index contributed by atoms with van der Waals surface area (Å²) in [5, 5.41) is 9.74. The zero-order valence-electron chi connectivity index (χ0n) is 10.6. The third kappa shape index (κ3) is 2.79. The number of hydrogen-bond donors (Lipinski definition) is 2. The highest BCUT2D eigenvalue weighted by molar-refractivity contribution is 5.40. The zero-order valence-corrected chi connectivity index (χ0v) is 10.6. The summed E-state index contributed by atoms with van der Waals surface area (Å²) in [6, 6.07) is 8.48. The van der Waals surface area contributed by atoms with Gasteiger partial charge < -0.3 is 10.8 Å². The van der Waals surface area contributed by atoms with Gasteiger partial charge in [-0.25, -0.2) is 0 Å². The van der Waals surface area contributed by atoms with Crippen molar-refractivity contribution in [3.05, 3.63) is 29.8 Å². The van der Waals surface area contributed by atoms with Crippen molar-refractivity contribution >= 4 is 5.69 Å². The second-order valence-corrected chi connectivity index (χ2v) is 5.17. The summed E-state index contributed by atoms with van der Waals surface area (Å²) >= 11 is 0. The van der Waals surface area contributed by atoms with E-state index in [9.17, 15) is 5.11 Å². The van der Waals surface area contributed by atoms with Gasteiger partial charge in [0.15, 0.2) is 0 Å². The first-order valence-electron chi connectivity index (χ1n) is 6.35. The highest BCUT2D eigenvalue weighted by atomic mass is 16.3. The Balaban J connectivity index is 2.05. The third-order valence-electron chi connectivity index (χ3n) is 3.86. The van der Waals surface area contributed by atoms with Crippen molar-refractivity contribution in [2.24, 2.45) is 5.92 Å². The molecule has 1 heterocycles. The standard InChI is InChI=1S/C14H22N2O/c1-10-9-16(8-7-14(10)17)11(2)12-3-5-13(15)6-4-12/h3-6,10-11,14,17H,7-9,15H2,1-2H3. The molecule has 3 nitrogen and oxygen atoms in total. The van der Waals surface area contributed by atoms with Crippen LogP contribution >= 0.6 is 0 Å². The maximum atomic E-state index is 9.74. The number of aliphatic hydroxyl groups excluding tert-OH is 1. The Morgan fingerprint density at radius 2 is 2.00 bits per heavy atom. The van der Waals surface area contributed by atoms with Gasteiger partial charge in [0, 0.05) is 24.8 Å². The van der Waals surface area contributed by atoms with Crippen LogP contribution in [0.4, 0.5) is 5.69 Å². The van der Waals surface area contributed by atoms with E-state index in [4.69, 9.17) is 5.73 Å². The molecule has 17 heavy (non-hydrogen) atoms. The van der Waals surface area contributed by atoms with Crippen molar-refractivity contribution in [3.8, 4) is 0 Å². The van der Waals surface area contributed by atoms with Crippen LogP contribution in [0, 0.1) is 5.92 Å². The Bertz CT molecular complexity index is 363. The first-order chi connectivity index (χ1) is 8.08. The molecule has 0 aliphatic carbocycles. The van der Waals surface area contributed by atoms with Gasteiger partial charge in [-0.2, -0.15) is 0 Å². The predicted molar refractivity (Wildman–Crippen MR) is 70.6 cm³/mol. The van der Waals surface area contributed by atoms with Gasteiger partial charge in [0.2, 0.25) is 0 Å². The number of anilines is 1. The van der Waals surface area contributed by atoms with Crippen LogP contribution in [0.3, 0.4) is 0 Å². The summed E-state index contributed by atoms with van der Waals surface area (Å²) in [7, 11) is 0. The van der Waals surface area contributed by atoms with Crippen molar-refractivity contribution < 1.29 is 5.11 Å². The third-order valence-corrected chi connectivity index (χ3v) is 3.86. The molecule has 2 rings (SSSR count). The van der Waals surface area contributed by atoms with Crippen molar-refractivity contribution in [3.63, 3.8) is 0 Å². The van der Waals surface area contributed by atoms with Gasteiger partial charge in [-0.1, -0.05) is 19.1 Å². The van der Waals surface area contributed by atoms with E-state index in [1.54, 1.807) is 0 Å². The van der Waals surface area contributed by atoms with Gasteiger partial charge >= 0.3 is 0 Å². The Morgan fingerprint density at radius 1 is 1.35 bits per heavy atom. The molecular formula is C14H22N2O. The van der Waals surface area contributed by atoms with E-state index in [1.165, 1.54) is 5.56 Å². The molecule has 0 aromatic heterocycles. The average Bonchev–Trinajstić information content (AvgIpc) is 2.33. The second kappa shape index (κ2) is 5.07. The number of nitrogens with two attached hydrogens (primary N) is 1. The van der Waals surface area contributed by atoms with Crippen molar-refractivity contribution in [1.29, 1.82) is 0 Å². The van der Waals surface area contributed by atoms with Gasteiger partial charge in [-0.15, -0.1) is 0 Å². The Kier molecular flexibility index (Phi) is 3.69. The SMILES string of the molecule is CC1CN(C(C)c2ccc(N)cc2)CCC1O. The van der Waals surface area contributed by atoms with E-state index in [-0.39, 0.29) is 6.10 Å². The molecule has 1 fully saturated rings. The minimum Gasteiger partial charge on any atom is -0.399 e. The maximum absolute atomic E-state index is 9.74. The molecule has 0 saturated carbocycles. The van der Waals surface area contributed by atoms with Crippen molar-refractivity contribution in [1.82, 2.24) is 4.90 Å². The molecule has 1 aromatic rings. The average molecular weight is 234 g/mol. The van der Waals surface area contributed by atoms with E-state index in [0.29, 0.717) is 12.0 Å². The smallest absolute Gasteiger partial charge is 0.0590 e. The van der Waals surface area contributed by atoms with Crippen LogP contribution in [0.15, 0.2) is 24.3 Å². The molecule has 0 spiro atoms. The van der Waals surface area contributed by atoms with Crippen LogP contribution in [0.1, 0.15) is 31.9 Å². The summed E-state index contributed by atoms with van der Waals surface area (Å²) in [6.45, 7) is 6.27. The molecule has 1 saturated heterocycles. The number of hydrogen-bond acceptors (Lipinski definition) is 3. The maximum Gasteiger partial charge on any atom is 0.0590 e. The normalized spacial score (nSPS) is 27.9. The van der Waals surface area contributed by atoms with E-state index in [2.05, 4.69) is 30.9 Å². The molecule has 0 bridgehead atoms. The minimum absolute atomic E-state index is 0.134. The van der Waals surface area contributed by atoms with Crippen molar-refractivity contribution in [2.75, 3.05) is 18.8 Å². The number of nitrogens with zero attached hydrogens (tertiary/aromatic N) is 1. The summed E-state index contributed by atoms with van der Waals surface area (Å²) in [5.41, 5.74) is 7.80. The Hall–Kier alpha value is -1.06. The van der Waals surface area contributed by atoms with E-state index >= 15 is 0 Å². The van der Waals surface area contributed by atoms with Gasteiger partial charge in [-0.3, -0.25) is 4.90 Å². The summed E-state index contributed by atoms with van der Waals surface area (Å²) in [5.74, 6) is 0.361. The lowest BCUT2D eigenvalue weighted by Gasteiger charge is -2.38. The molecule has 0 amide bonds. The van der Waals surface area contributed by atoms with Crippen LogP contribution in [0.2, 0.25) is 0 Å². The number of nitrogen functional groups attached to an aromatic ring is 1. The lowest BCUT2D eigenvalue weighted by atomic mass is 9.94. The lowest BCUT2D eigenvalue weighted by Crippen LogP contribution is -2.42. The number of benzene rings is 1. The topological polar surface area (TPSA) is 49.5 Å². The molecule has 1 aliphatic heterocycles. The Morgan fingerprint density at radius 3 is 2.59 bits per heavy atom. The minimum atomic E-state index is -0.134. The highest BCUT2D eigenvalue weighted by Crippen LogP contribution is 2.26. The van der Waals surface area contributed by atoms with Gasteiger partial charge in [-0.05, 0) is 37.0 Å². The molecule has 0 radical (unpaired) electrons. The molecule has 94 valence electrons. The van der Waals surface area contributed by atoms with Gasteiger partial charge in [0.1, 0.15) is 0 Å². The monoisotopic (exact) mass is 234 g/mol. The molecular weight excluding hydrogens is 212 g/mol. The molecule has 1 aromatic carbocycles. The number of rotatable bonds is 2. The van der Waals surface area contributed by atoms with E-state index < -0.39 is 0 Å². The highest BCUT2D eigenvalue weighted by Gasteiger charge is 2.27. The lowest BCUT2D eigenvalue weighted by molar-refractivity contribution is 0.0199. The first kappa shape index (κ1) is 12.4. The fourth-order valence-electron chi connectivity index (χ4n) is 2.50. The van der Waals surface area contributed by atoms with Crippen LogP contribution in [-0.2, 0) is 0 Å². The van der Waals surface area contributed by atoms with Crippen molar-refractivity contribution in [2.45, 2.75) is 32.4 Å². The van der Waals surface area contributed by atoms with Gasteiger partial charge in [0.25, 0.3) is 0 Å². The molecule has 3 atom stereocenters. The largest absolute Gasteiger partial charge is 0.399 e. The fourth-order valence-corrected chi connectivity index (χ4v) is 2.50. The summed E-state index contributed by atoms with van der Waals surface area (Å²) in [6.07, 6.45) is 0.741. The Labute approximate surface area is 103 Å². The molecule has 3 unspecified atom stereocenters. The number of likely N-dealkylation sites (tertiary alicyclic amines) is 1. The van der Waals surface area contributed by atoms with Crippen LogP contribution in [0.5, 0.6) is 0 Å². The van der Waals surface area contributed by atoms with E-state index in [1.807, 2.05) is 12.1 Å². The number of aliphatic hydroxyl groups is 1. The molecule has 1 aliphatic rings. The number of piperidine rings is 1. The van der Waals surface area contributed by atoms with E-state index in [0.717, 1.165) is 25.2 Å². The van der Waals surface area contributed by atoms with Crippen LogP contribution in [-0.4, -0.2) is 29.2 Å². The predicted octanol–water partition coefficient (Wildman–Crippen LogP) is 2.03. The molecule has 3 heteroatoms. The van der Waals surface area contributed by atoms with Crippen LogP contribution in [0.25, 0.3) is 0 Å². The zero-order chi connectivity index (χ0) is 12.4. The first-order valence-corrected chi connectivity index (χ1v) is 6.35. The summed E-state index contributed by atoms with van der Waals surface area (Å²) in [4.78, 5) is 2.43. The second-order valence-electron chi connectivity index (χ2n) is 5.17. The van der Waals surface area contributed by atoms with Crippen LogP contribution < -0.4 is 5.73 Å². The fraction of sp³-hybridized carbons (Fsp3) is 0.571.